The molecule has 0 spiro atoms. The van der Waals surface area contributed by atoms with E-state index < -0.39 is 11.9 Å². The van der Waals surface area contributed by atoms with Gasteiger partial charge in [0, 0.05) is 23.1 Å². The highest BCUT2D eigenvalue weighted by atomic mass is 35.5. The van der Waals surface area contributed by atoms with Crippen molar-refractivity contribution in [3.05, 3.63) is 68.7 Å². The van der Waals surface area contributed by atoms with Crippen molar-refractivity contribution in [2.75, 3.05) is 14.2 Å². The van der Waals surface area contributed by atoms with Crippen LogP contribution in [0.5, 0.6) is 0 Å². The molecule has 0 aliphatic rings. The SMILES string of the molecule is COC(=O)c1ccc(CNCc2ccc(C(=O)OC)cc2Cl)c(Cl)c1. The van der Waals surface area contributed by atoms with Crippen LogP contribution >= 0.6 is 23.2 Å². The zero-order valence-electron chi connectivity index (χ0n) is 13.8. The van der Waals surface area contributed by atoms with Crippen molar-refractivity contribution in [1.82, 2.24) is 5.32 Å². The summed E-state index contributed by atoms with van der Waals surface area (Å²) in [6.45, 7) is 0.991. The summed E-state index contributed by atoms with van der Waals surface area (Å²) in [5.41, 5.74) is 2.49. The molecule has 0 saturated heterocycles. The molecule has 0 unspecified atom stereocenters. The van der Waals surface area contributed by atoms with E-state index in [0.29, 0.717) is 34.3 Å². The van der Waals surface area contributed by atoms with Crippen LogP contribution in [0.4, 0.5) is 0 Å². The molecule has 0 radical (unpaired) electrons. The molecule has 2 aromatic rings. The fourth-order valence-corrected chi connectivity index (χ4v) is 2.70. The van der Waals surface area contributed by atoms with Crippen molar-refractivity contribution in [3.63, 3.8) is 0 Å². The van der Waals surface area contributed by atoms with E-state index >= 15 is 0 Å². The number of hydrogen-bond acceptors (Lipinski definition) is 5. The van der Waals surface area contributed by atoms with Gasteiger partial charge in [-0.05, 0) is 35.4 Å². The lowest BCUT2D eigenvalue weighted by molar-refractivity contribution is 0.0592. The van der Waals surface area contributed by atoms with E-state index in [4.69, 9.17) is 23.2 Å². The summed E-state index contributed by atoms with van der Waals surface area (Å²) in [6.07, 6.45) is 0. The van der Waals surface area contributed by atoms with Gasteiger partial charge in [-0.15, -0.1) is 0 Å². The standard InChI is InChI=1S/C18H17Cl2NO4/c1-24-17(22)11-3-5-13(15(19)7-11)9-21-10-14-6-4-12(8-16(14)20)18(23)25-2/h3-8,21H,9-10H2,1-2H3. The Hall–Kier alpha value is -2.08. The van der Waals surface area contributed by atoms with Crippen molar-refractivity contribution in [3.8, 4) is 0 Å². The predicted molar refractivity (Wildman–Crippen MR) is 96.1 cm³/mol. The molecule has 0 aliphatic carbocycles. The maximum Gasteiger partial charge on any atom is 0.337 e. The Bertz CT molecular complexity index is 727. The second-order valence-electron chi connectivity index (χ2n) is 5.20. The lowest BCUT2D eigenvalue weighted by atomic mass is 10.1. The highest BCUT2D eigenvalue weighted by Crippen LogP contribution is 2.20. The fraction of sp³-hybridized carbons (Fsp3) is 0.222. The minimum absolute atomic E-state index is 0.401. The normalized spacial score (nSPS) is 10.4. The molecule has 1 N–H and O–H groups in total. The van der Waals surface area contributed by atoms with Crippen molar-refractivity contribution in [2.45, 2.75) is 13.1 Å². The van der Waals surface area contributed by atoms with Crippen LogP contribution < -0.4 is 5.32 Å². The average molecular weight is 382 g/mol. The van der Waals surface area contributed by atoms with E-state index in [1.54, 1.807) is 36.4 Å². The first-order valence-corrected chi connectivity index (χ1v) is 8.16. The van der Waals surface area contributed by atoms with Crippen LogP contribution in [0.2, 0.25) is 10.0 Å². The molecule has 0 saturated carbocycles. The summed E-state index contributed by atoms with van der Waals surface area (Å²) in [6, 6.07) is 10.00. The van der Waals surface area contributed by atoms with Gasteiger partial charge in [0.1, 0.15) is 0 Å². The van der Waals surface area contributed by atoms with Gasteiger partial charge in [0.2, 0.25) is 0 Å². The van der Waals surface area contributed by atoms with Gasteiger partial charge in [-0.3, -0.25) is 0 Å². The molecule has 0 atom stereocenters. The first-order chi connectivity index (χ1) is 12.0. The third kappa shape index (κ3) is 4.95. The molecule has 0 fully saturated rings. The minimum Gasteiger partial charge on any atom is -0.465 e. The number of carbonyl (C=O) groups is 2. The molecule has 0 aromatic heterocycles. The smallest absolute Gasteiger partial charge is 0.337 e. The number of halogens is 2. The lowest BCUT2D eigenvalue weighted by Gasteiger charge is -2.10. The molecule has 132 valence electrons. The molecule has 0 aliphatic heterocycles. The van der Waals surface area contributed by atoms with Crippen molar-refractivity contribution < 1.29 is 19.1 Å². The highest BCUT2D eigenvalue weighted by Gasteiger charge is 2.10. The van der Waals surface area contributed by atoms with Crippen LogP contribution in [-0.4, -0.2) is 26.2 Å². The Morgan fingerprint density at radius 2 is 1.24 bits per heavy atom. The second-order valence-corrected chi connectivity index (χ2v) is 6.01. The lowest BCUT2D eigenvalue weighted by Crippen LogP contribution is -2.14. The van der Waals surface area contributed by atoms with Gasteiger partial charge in [-0.2, -0.15) is 0 Å². The van der Waals surface area contributed by atoms with E-state index in [0.717, 1.165) is 11.1 Å². The van der Waals surface area contributed by atoms with Crippen molar-refractivity contribution >= 4 is 35.1 Å². The molecular weight excluding hydrogens is 365 g/mol. The Morgan fingerprint density at radius 1 is 0.840 bits per heavy atom. The van der Waals surface area contributed by atoms with E-state index in [9.17, 15) is 9.59 Å². The van der Waals surface area contributed by atoms with Gasteiger partial charge < -0.3 is 14.8 Å². The average Bonchev–Trinajstić information content (AvgIpc) is 2.62. The van der Waals surface area contributed by atoms with Crippen molar-refractivity contribution in [2.24, 2.45) is 0 Å². The van der Waals surface area contributed by atoms with E-state index in [-0.39, 0.29) is 0 Å². The maximum absolute atomic E-state index is 11.5. The summed E-state index contributed by atoms with van der Waals surface area (Å²) < 4.78 is 9.31. The van der Waals surface area contributed by atoms with Gasteiger partial charge >= 0.3 is 11.9 Å². The number of hydrogen-bond donors (Lipinski definition) is 1. The van der Waals surface area contributed by atoms with Crippen LogP contribution in [0.25, 0.3) is 0 Å². The molecule has 2 rings (SSSR count). The van der Waals surface area contributed by atoms with Crippen LogP contribution in [0.3, 0.4) is 0 Å². The third-order valence-corrected chi connectivity index (χ3v) is 4.28. The van der Waals surface area contributed by atoms with Crippen LogP contribution in [0.15, 0.2) is 36.4 Å². The van der Waals surface area contributed by atoms with Gasteiger partial charge in [-0.1, -0.05) is 35.3 Å². The zero-order chi connectivity index (χ0) is 18.4. The van der Waals surface area contributed by atoms with Crippen LogP contribution in [0.1, 0.15) is 31.8 Å². The number of ether oxygens (including phenoxy) is 2. The zero-order valence-corrected chi connectivity index (χ0v) is 15.3. The monoisotopic (exact) mass is 381 g/mol. The Kier molecular flexibility index (Phi) is 6.82. The molecule has 5 nitrogen and oxygen atoms in total. The topological polar surface area (TPSA) is 64.6 Å². The molecule has 2 aromatic carbocycles. The van der Waals surface area contributed by atoms with Gasteiger partial charge in [0.25, 0.3) is 0 Å². The first kappa shape index (κ1) is 19.2. The third-order valence-electron chi connectivity index (χ3n) is 3.58. The quantitative estimate of drug-likeness (QED) is 0.769. The summed E-state index contributed by atoms with van der Waals surface area (Å²) in [5, 5.41) is 4.17. The predicted octanol–water partition coefficient (Wildman–Crippen LogP) is 3.86. The van der Waals surface area contributed by atoms with E-state index in [1.807, 2.05) is 0 Å². The Morgan fingerprint density at radius 3 is 1.56 bits per heavy atom. The molecular formula is C18H17Cl2NO4. The number of methoxy groups -OCH3 is 2. The first-order valence-electron chi connectivity index (χ1n) is 7.40. The van der Waals surface area contributed by atoms with E-state index in [1.165, 1.54) is 14.2 Å². The fourth-order valence-electron chi connectivity index (χ4n) is 2.20. The van der Waals surface area contributed by atoms with Crippen LogP contribution in [0, 0.1) is 0 Å². The van der Waals surface area contributed by atoms with Crippen molar-refractivity contribution in [1.29, 1.82) is 0 Å². The molecule has 0 amide bonds. The molecule has 0 heterocycles. The van der Waals surface area contributed by atoms with Gasteiger partial charge in [-0.25, -0.2) is 9.59 Å². The summed E-state index contributed by atoms with van der Waals surface area (Å²) >= 11 is 12.4. The Labute approximate surface area is 155 Å². The number of benzene rings is 2. The largest absolute Gasteiger partial charge is 0.465 e. The van der Waals surface area contributed by atoms with Gasteiger partial charge in [0.05, 0.1) is 25.3 Å². The number of rotatable bonds is 6. The molecule has 7 heteroatoms. The molecule has 0 bridgehead atoms. The second kappa shape index (κ2) is 8.85. The number of nitrogens with one attached hydrogen (secondary N) is 1. The highest BCUT2D eigenvalue weighted by molar-refractivity contribution is 6.32. The Balaban J connectivity index is 1.99. The number of esters is 2. The summed E-state index contributed by atoms with van der Waals surface area (Å²) in [5.74, 6) is -0.863. The van der Waals surface area contributed by atoms with Gasteiger partial charge in [0.15, 0.2) is 0 Å². The minimum atomic E-state index is -0.432. The van der Waals surface area contributed by atoms with E-state index in [2.05, 4.69) is 14.8 Å². The number of carbonyl (C=O) groups excluding carboxylic acids is 2. The molecule has 25 heavy (non-hydrogen) atoms. The maximum atomic E-state index is 11.5. The van der Waals surface area contributed by atoms with Crippen LogP contribution in [-0.2, 0) is 22.6 Å². The summed E-state index contributed by atoms with van der Waals surface area (Å²) in [4.78, 5) is 22.9. The summed E-state index contributed by atoms with van der Waals surface area (Å²) in [7, 11) is 2.64.